The molecule has 2 heteroatoms. The molecule has 1 aliphatic rings. The van der Waals surface area contributed by atoms with E-state index in [1.54, 1.807) is 0 Å². The van der Waals surface area contributed by atoms with Gasteiger partial charge in [-0.05, 0) is 12.8 Å². The molecule has 0 aromatic rings. The van der Waals surface area contributed by atoms with Crippen molar-refractivity contribution in [3.05, 3.63) is 6.92 Å². The lowest BCUT2D eigenvalue weighted by Gasteiger charge is -2.31. The van der Waals surface area contributed by atoms with Gasteiger partial charge in [0.15, 0.2) is 0 Å². The van der Waals surface area contributed by atoms with Gasteiger partial charge in [0.1, 0.15) is 0 Å². The molecule has 1 aliphatic heterocycles. The van der Waals surface area contributed by atoms with Crippen LogP contribution in [0.25, 0.3) is 0 Å². The van der Waals surface area contributed by atoms with Gasteiger partial charge in [0.25, 0.3) is 0 Å². The van der Waals surface area contributed by atoms with Crippen molar-refractivity contribution in [2.45, 2.75) is 76.8 Å². The molecule has 0 aromatic heterocycles. The van der Waals surface area contributed by atoms with Gasteiger partial charge in [-0.1, -0.05) is 58.8 Å². The Morgan fingerprint density at radius 1 is 0.882 bits per heavy atom. The fourth-order valence-corrected chi connectivity index (χ4v) is 2.56. The van der Waals surface area contributed by atoms with Crippen LogP contribution in [0.1, 0.15) is 64.7 Å². The van der Waals surface area contributed by atoms with Gasteiger partial charge in [0.05, 0.1) is 0 Å². The van der Waals surface area contributed by atoms with Crippen LogP contribution in [0.4, 0.5) is 0 Å². The minimum Gasteiger partial charge on any atom is -0.311 e. The van der Waals surface area contributed by atoms with Crippen LogP contribution in [0.5, 0.6) is 0 Å². The molecule has 2 unspecified atom stereocenters. The third-order valence-corrected chi connectivity index (χ3v) is 3.76. The Labute approximate surface area is 108 Å². The maximum Gasteiger partial charge on any atom is 0.0193 e. The van der Waals surface area contributed by atoms with Crippen LogP contribution in [0, 0.1) is 6.92 Å². The van der Waals surface area contributed by atoms with E-state index in [4.69, 9.17) is 0 Å². The van der Waals surface area contributed by atoms with Gasteiger partial charge in [-0.2, -0.15) is 0 Å². The van der Waals surface area contributed by atoms with Crippen molar-refractivity contribution in [2.24, 2.45) is 0 Å². The number of rotatable bonds is 9. The fourth-order valence-electron chi connectivity index (χ4n) is 2.56. The van der Waals surface area contributed by atoms with E-state index < -0.39 is 0 Å². The van der Waals surface area contributed by atoms with Crippen LogP contribution in [0.15, 0.2) is 0 Å². The Balaban J connectivity index is 1.97. The molecule has 0 aliphatic carbocycles. The predicted octanol–water partition coefficient (Wildman–Crippen LogP) is 3.28. The first-order valence-electron chi connectivity index (χ1n) is 7.62. The first-order valence-corrected chi connectivity index (χ1v) is 7.62. The Morgan fingerprint density at radius 3 is 1.94 bits per heavy atom. The smallest absolute Gasteiger partial charge is 0.0193 e. The summed E-state index contributed by atoms with van der Waals surface area (Å²) in [6.45, 7) is 8.50. The summed E-state index contributed by atoms with van der Waals surface area (Å²) in [6, 6.07) is 1.43. The Bertz CT molecular complexity index is 162. The number of nitrogens with one attached hydrogen (secondary N) is 2. The van der Waals surface area contributed by atoms with Crippen LogP contribution >= 0.6 is 0 Å². The third-order valence-electron chi connectivity index (χ3n) is 3.76. The number of piperazine rings is 1. The molecule has 0 aromatic carbocycles. The largest absolute Gasteiger partial charge is 0.311 e. The van der Waals surface area contributed by atoms with E-state index in [0.29, 0.717) is 6.04 Å². The van der Waals surface area contributed by atoms with Gasteiger partial charge in [0, 0.05) is 25.2 Å². The normalized spacial score (nSPS) is 25.1. The van der Waals surface area contributed by atoms with Gasteiger partial charge < -0.3 is 10.6 Å². The van der Waals surface area contributed by atoms with Crippen molar-refractivity contribution < 1.29 is 0 Å². The van der Waals surface area contributed by atoms with Crippen molar-refractivity contribution >= 4 is 0 Å². The molecule has 101 valence electrons. The highest BCUT2D eigenvalue weighted by molar-refractivity contribution is 4.82. The zero-order chi connectivity index (χ0) is 12.3. The fraction of sp³-hybridized carbons (Fsp3) is 0.933. The van der Waals surface area contributed by atoms with E-state index in [9.17, 15) is 0 Å². The van der Waals surface area contributed by atoms with Crippen molar-refractivity contribution in [3.8, 4) is 0 Å². The number of hydrogen-bond donors (Lipinski definition) is 2. The quantitative estimate of drug-likeness (QED) is 0.603. The summed E-state index contributed by atoms with van der Waals surface area (Å²) in [4.78, 5) is 0. The second kappa shape index (κ2) is 9.90. The lowest BCUT2D eigenvalue weighted by atomic mass is 10.0. The van der Waals surface area contributed by atoms with Gasteiger partial charge in [0.2, 0.25) is 0 Å². The maximum atomic E-state index is 3.89. The van der Waals surface area contributed by atoms with E-state index in [1.807, 2.05) is 0 Å². The van der Waals surface area contributed by atoms with E-state index in [0.717, 1.165) is 12.5 Å². The summed E-state index contributed by atoms with van der Waals surface area (Å²) in [5.41, 5.74) is 0. The van der Waals surface area contributed by atoms with Crippen LogP contribution in [-0.4, -0.2) is 25.2 Å². The Kier molecular flexibility index (Phi) is 8.72. The second-order valence-electron chi connectivity index (χ2n) is 5.41. The molecule has 17 heavy (non-hydrogen) atoms. The topological polar surface area (TPSA) is 24.1 Å². The minimum absolute atomic E-state index is 0.710. The molecule has 0 amide bonds. The lowest BCUT2D eigenvalue weighted by molar-refractivity contribution is 0.312. The summed E-state index contributed by atoms with van der Waals surface area (Å²) in [6.07, 6.45) is 11.8. The molecule has 2 nitrogen and oxygen atoms in total. The summed E-state index contributed by atoms with van der Waals surface area (Å²) in [5.74, 6) is 0. The summed E-state index contributed by atoms with van der Waals surface area (Å²) < 4.78 is 0. The molecular formula is C15H31N2. The maximum absolute atomic E-state index is 3.89. The van der Waals surface area contributed by atoms with Crippen molar-refractivity contribution in [1.29, 1.82) is 0 Å². The van der Waals surface area contributed by atoms with Crippen LogP contribution < -0.4 is 10.6 Å². The first kappa shape index (κ1) is 15.0. The molecule has 1 radical (unpaired) electrons. The van der Waals surface area contributed by atoms with Gasteiger partial charge in [-0.25, -0.2) is 0 Å². The third kappa shape index (κ3) is 7.05. The van der Waals surface area contributed by atoms with Crippen molar-refractivity contribution in [1.82, 2.24) is 10.6 Å². The summed E-state index contributed by atoms with van der Waals surface area (Å²) >= 11 is 0. The molecule has 2 atom stereocenters. The lowest BCUT2D eigenvalue weighted by Crippen LogP contribution is -2.54. The average Bonchev–Trinajstić information content (AvgIpc) is 2.37. The summed E-state index contributed by atoms with van der Waals surface area (Å²) in [7, 11) is 0. The second-order valence-corrected chi connectivity index (χ2v) is 5.41. The molecule has 0 bridgehead atoms. The molecule has 1 rings (SSSR count). The van der Waals surface area contributed by atoms with Crippen LogP contribution in [0.2, 0.25) is 0 Å². The Hall–Kier alpha value is -0.0800. The highest BCUT2D eigenvalue weighted by atomic mass is 15.1. The van der Waals surface area contributed by atoms with E-state index in [1.165, 1.54) is 64.5 Å². The van der Waals surface area contributed by atoms with Gasteiger partial charge >= 0.3 is 0 Å². The highest BCUT2D eigenvalue weighted by Gasteiger charge is 2.18. The summed E-state index contributed by atoms with van der Waals surface area (Å²) in [5, 5.41) is 7.39. The van der Waals surface area contributed by atoms with Crippen LogP contribution in [-0.2, 0) is 0 Å². The Morgan fingerprint density at radius 2 is 1.47 bits per heavy atom. The zero-order valence-corrected chi connectivity index (χ0v) is 11.6. The van der Waals surface area contributed by atoms with E-state index in [-0.39, 0.29) is 0 Å². The molecule has 1 saturated heterocycles. The minimum atomic E-state index is 0.710. The van der Waals surface area contributed by atoms with Crippen molar-refractivity contribution in [2.75, 3.05) is 13.1 Å². The van der Waals surface area contributed by atoms with Crippen LogP contribution in [0.3, 0.4) is 0 Å². The number of hydrogen-bond acceptors (Lipinski definition) is 2. The predicted molar refractivity (Wildman–Crippen MR) is 76.2 cm³/mol. The molecule has 2 N–H and O–H groups in total. The van der Waals surface area contributed by atoms with E-state index in [2.05, 4.69) is 24.5 Å². The first-order chi connectivity index (χ1) is 8.36. The highest BCUT2D eigenvalue weighted by Crippen LogP contribution is 2.10. The molecule has 1 heterocycles. The van der Waals surface area contributed by atoms with Gasteiger partial charge in [-0.15, -0.1) is 0 Å². The number of unbranched alkanes of at least 4 members (excludes halogenated alkanes) is 5. The molecule has 0 spiro atoms. The zero-order valence-electron chi connectivity index (χ0n) is 11.6. The average molecular weight is 239 g/mol. The van der Waals surface area contributed by atoms with Crippen molar-refractivity contribution in [3.63, 3.8) is 0 Å². The monoisotopic (exact) mass is 239 g/mol. The van der Waals surface area contributed by atoms with E-state index >= 15 is 0 Å². The molecular weight excluding hydrogens is 208 g/mol. The molecule has 0 saturated carbocycles. The van der Waals surface area contributed by atoms with Gasteiger partial charge in [-0.3, -0.25) is 0 Å². The molecule has 1 fully saturated rings. The standard InChI is InChI=1S/C15H31N2/c1-3-5-7-9-11-15-13-16-14(12-17-15)10-8-6-4-2/h14-17H,1,3-13H2,2H3. The SMILES string of the molecule is [CH2]CCCCCC1CNC(CCCCC)CN1.